The topological polar surface area (TPSA) is 29.0 Å². The average Bonchev–Trinajstić information content (AvgIpc) is 2.25. The van der Waals surface area contributed by atoms with Crippen LogP contribution >= 0.6 is 11.6 Å². The molecule has 0 radical (unpaired) electrons. The second kappa shape index (κ2) is 5.21. The second-order valence-corrected chi connectivity index (χ2v) is 5.83. The Labute approximate surface area is 109 Å². The van der Waals surface area contributed by atoms with E-state index in [9.17, 15) is 0 Å². The van der Waals surface area contributed by atoms with Crippen molar-refractivity contribution >= 4 is 17.4 Å². The first-order chi connectivity index (χ1) is 7.79. The van der Waals surface area contributed by atoms with Crippen molar-refractivity contribution in [2.75, 3.05) is 11.9 Å². The van der Waals surface area contributed by atoms with E-state index in [-0.39, 0.29) is 5.41 Å². The lowest BCUT2D eigenvalue weighted by Crippen LogP contribution is -2.40. The highest BCUT2D eigenvalue weighted by Crippen LogP contribution is 2.30. The molecule has 0 aliphatic heterocycles. The number of hydrogen-bond acceptors (Lipinski definition) is 3. The molecule has 0 aliphatic rings. The molecule has 0 saturated heterocycles. The van der Waals surface area contributed by atoms with E-state index in [1.165, 1.54) is 6.33 Å². The van der Waals surface area contributed by atoms with E-state index < -0.39 is 0 Å². The Hall–Kier alpha value is -0.830. The molecule has 1 unspecified atom stereocenters. The standard InChI is InChI=1S/C13H22ClN3/c1-7-10-11(14)15-8-16-12(10)17(6)9(2)13(3,4)5/h8-9H,7H2,1-6H3. The molecule has 1 aromatic heterocycles. The van der Waals surface area contributed by atoms with Crippen molar-refractivity contribution in [3.63, 3.8) is 0 Å². The molecule has 1 atom stereocenters. The Morgan fingerprint density at radius 3 is 2.41 bits per heavy atom. The Morgan fingerprint density at radius 1 is 1.35 bits per heavy atom. The lowest BCUT2D eigenvalue weighted by atomic mass is 9.87. The van der Waals surface area contributed by atoms with Gasteiger partial charge in [0.1, 0.15) is 17.3 Å². The summed E-state index contributed by atoms with van der Waals surface area (Å²) in [6.07, 6.45) is 2.37. The van der Waals surface area contributed by atoms with Crippen molar-refractivity contribution in [2.24, 2.45) is 5.41 Å². The summed E-state index contributed by atoms with van der Waals surface area (Å²) in [5.41, 5.74) is 1.21. The van der Waals surface area contributed by atoms with Gasteiger partial charge in [0.25, 0.3) is 0 Å². The third kappa shape index (κ3) is 3.09. The molecule has 1 aromatic rings. The molecular formula is C13H22ClN3. The van der Waals surface area contributed by atoms with E-state index in [2.05, 4.69) is 56.5 Å². The quantitative estimate of drug-likeness (QED) is 0.774. The molecule has 4 heteroatoms. The number of aromatic nitrogens is 2. The van der Waals surface area contributed by atoms with Crippen molar-refractivity contribution in [1.82, 2.24) is 9.97 Å². The van der Waals surface area contributed by atoms with E-state index in [1.54, 1.807) is 0 Å². The van der Waals surface area contributed by atoms with Crippen LogP contribution < -0.4 is 4.90 Å². The van der Waals surface area contributed by atoms with Gasteiger partial charge in [-0.1, -0.05) is 39.3 Å². The smallest absolute Gasteiger partial charge is 0.137 e. The zero-order valence-corrected chi connectivity index (χ0v) is 12.3. The molecule has 0 bridgehead atoms. The van der Waals surface area contributed by atoms with Gasteiger partial charge in [0, 0.05) is 18.7 Å². The van der Waals surface area contributed by atoms with Crippen molar-refractivity contribution in [2.45, 2.75) is 47.1 Å². The normalized spacial score (nSPS) is 13.6. The zero-order valence-electron chi connectivity index (χ0n) is 11.6. The van der Waals surface area contributed by atoms with Crippen molar-refractivity contribution in [3.8, 4) is 0 Å². The fourth-order valence-corrected chi connectivity index (χ4v) is 2.02. The molecule has 0 saturated carbocycles. The summed E-state index contributed by atoms with van der Waals surface area (Å²) in [5.74, 6) is 0.940. The van der Waals surface area contributed by atoms with Gasteiger partial charge in [-0.25, -0.2) is 9.97 Å². The van der Waals surface area contributed by atoms with E-state index in [4.69, 9.17) is 11.6 Å². The number of halogens is 1. The van der Waals surface area contributed by atoms with Crippen LogP contribution in [0.1, 0.15) is 40.2 Å². The number of hydrogen-bond donors (Lipinski definition) is 0. The molecule has 0 aliphatic carbocycles. The van der Waals surface area contributed by atoms with E-state index in [1.807, 2.05) is 0 Å². The first-order valence-electron chi connectivity index (χ1n) is 6.01. The zero-order chi connectivity index (χ0) is 13.2. The summed E-state index contributed by atoms with van der Waals surface area (Å²) >= 11 is 6.11. The minimum absolute atomic E-state index is 0.192. The summed E-state index contributed by atoms with van der Waals surface area (Å²) in [6, 6.07) is 0.374. The summed E-state index contributed by atoms with van der Waals surface area (Å²) in [5, 5.41) is 0.561. The Kier molecular flexibility index (Phi) is 4.36. The molecule has 0 N–H and O–H groups in total. The first kappa shape index (κ1) is 14.2. The predicted molar refractivity (Wildman–Crippen MR) is 73.7 cm³/mol. The van der Waals surface area contributed by atoms with Crippen LogP contribution in [0.5, 0.6) is 0 Å². The molecular weight excluding hydrogens is 234 g/mol. The predicted octanol–water partition coefficient (Wildman–Crippen LogP) is 3.56. The maximum atomic E-state index is 6.11. The molecule has 0 amide bonds. The van der Waals surface area contributed by atoms with Gasteiger partial charge in [-0.05, 0) is 18.8 Å². The number of rotatable bonds is 3. The Morgan fingerprint density at radius 2 is 1.94 bits per heavy atom. The molecule has 96 valence electrons. The van der Waals surface area contributed by atoms with Gasteiger partial charge in [-0.2, -0.15) is 0 Å². The van der Waals surface area contributed by atoms with Crippen LogP contribution in [0.4, 0.5) is 5.82 Å². The van der Waals surface area contributed by atoms with E-state index in [0.29, 0.717) is 11.2 Å². The average molecular weight is 256 g/mol. The van der Waals surface area contributed by atoms with Crippen LogP contribution in [0, 0.1) is 5.41 Å². The van der Waals surface area contributed by atoms with Crippen LogP contribution in [0.3, 0.4) is 0 Å². The van der Waals surface area contributed by atoms with Gasteiger partial charge in [0.2, 0.25) is 0 Å². The molecule has 0 fully saturated rings. The SMILES string of the molecule is CCc1c(Cl)ncnc1N(C)C(C)C(C)(C)C. The van der Waals surface area contributed by atoms with Gasteiger partial charge < -0.3 is 4.90 Å². The van der Waals surface area contributed by atoms with Gasteiger partial charge in [0.05, 0.1) is 0 Å². The third-order valence-corrected chi connectivity index (χ3v) is 3.72. The monoisotopic (exact) mass is 255 g/mol. The van der Waals surface area contributed by atoms with Crippen LogP contribution in [-0.4, -0.2) is 23.1 Å². The van der Waals surface area contributed by atoms with Crippen molar-refractivity contribution in [1.29, 1.82) is 0 Å². The van der Waals surface area contributed by atoms with Gasteiger partial charge in [-0.15, -0.1) is 0 Å². The third-order valence-electron chi connectivity index (χ3n) is 3.39. The van der Waals surface area contributed by atoms with Crippen molar-refractivity contribution in [3.05, 3.63) is 17.0 Å². The highest BCUT2D eigenvalue weighted by atomic mass is 35.5. The van der Waals surface area contributed by atoms with E-state index >= 15 is 0 Å². The molecule has 3 nitrogen and oxygen atoms in total. The maximum absolute atomic E-state index is 6.11. The Balaban J connectivity index is 3.12. The highest BCUT2D eigenvalue weighted by Gasteiger charge is 2.26. The van der Waals surface area contributed by atoms with Gasteiger partial charge >= 0.3 is 0 Å². The summed E-state index contributed by atoms with van der Waals surface area (Å²) in [7, 11) is 2.06. The van der Waals surface area contributed by atoms with Crippen molar-refractivity contribution < 1.29 is 0 Å². The Bertz CT molecular complexity index is 385. The second-order valence-electron chi connectivity index (χ2n) is 5.47. The van der Waals surface area contributed by atoms with Crippen LogP contribution in [-0.2, 0) is 6.42 Å². The molecule has 1 rings (SSSR count). The largest absolute Gasteiger partial charge is 0.356 e. The molecule has 0 spiro atoms. The maximum Gasteiger partial charge on any atom is 0.137 e. The fraction of sp³-hybridized carbons (Fsp3) is 0.692. The molecule has 17 heavy (non-hydrogen) atoms. The minimum Gasteiger partial charge on any atom is -0.356 e. The first-order valence-corrected chi connectivity index (χ1v) is 6.39. The van der Waals surface area contributed by atoms with Gasteiger partial charge in [0.15, 0.2) is 0 Å². The summed E-state index contributed by atoms with van der Waals surface area (Å²) < 4.78 is 0. The molecule has 0 aromatic carbocycles. The highest BCUT2D eigenvalue weighted by molar-refractivity contribution is 6.30. The minimum atomic E-state index is 0.192. The summed E-state index contributed by atoms with van der Waals surface area (Å²) in [4.78, 5) is 10.6. The van der Waals surface area contributed by atoms with Crippen LogP contribution in [0.2, 0.25) is 5.15 Å². The van der Waals surface area contributed by atoms with E-state index in [0.717, 1.165) is 17.8 Å². The molecule has 1 heterocycles. The number of nitrogens with zero attached hydrogens (tertiary/aromatic N) is 3. The summed E-state index contributed by atoms with van der Waals surface area (Å²) in [6.45, 7) is 11.0. The van der Waals surface area contributed by atoms with Crippen LogP contribution in [0.15, 0.2) is 6.33 Å². The lowest BCUT2D eigenvalue weighted by molar-refractivity contribution is 0.328. The van der Waals surface area contributed by atoms with Crippen LogP contribution in [0.25, 0.3) is 0 Å². The van der Waals surface area contributed by atoms with Gasteiger partial charge in [-0.3, -0.25) is 0 Å². The fourth-order valence-electron chi connectivity index (χ4n) is 1.75. The lowest BCUT2D eigenvalue weighted by Gasteiger charge is -2.36. The number of anilines is 1.